The highest BCUT2D eigenvalue weighted by molar-refractivity contribution is 7.99. The maximum absolute atomic E-state index is 12.4. The first kappa shape index (κ1) is 25.3. The zero-order chi connectivity index (χ0) is 24.5. The summed E-state index contributed by atoms with van der Waals surface area (Å²) in [5.74, 6) is 0.995. The second-order valence-corrected chi connectivity index (χ2v) is 9.43. The van der Waals surface area contributed by atoms with Crippen molar-refractivity contribution in [2.75, 3.05) is 21.7 Å². The first-order chi connectivity index (χ1) is 16.3. The molecular weight excluding hydrogens is 472 g/mol. The van der Waals surface area contributed by atoms with E-state index in [1.165, 1.54) is 30.0 Å². The fourth-order valence-electron chi connectivity index (χ4n) is 2.84. The smallest absolute Gasteiger partial charge is 0.257 e. The molecule has 0 aliphatic heterocycles. The Morgan fingerprint density at radius 2 is 1.62 bits per heavy atom. The van der Waals surface area contributed by atoms with Gasteiger partial charge in [-0.1, -0.05) is 0 Å². The molecule has 3 aromatic rings. The minimum Gasteiger partial charge on any atom is -0.491 e. The van der Waals surface area contributed by atoms with Crippen molar-refractivity contribution in [1.82, 2.24) is 4.98 Å². The fraction of sp³-hybridized carbons (Fsp3) is 0.250. The van der Waals surface area contributed by atoms with Gasteiger partial charge in [0.1, 0.15) is 5.75 Å². The zero-order valence-electron chi connectivity index (χ0n) is 19.1. The van der Waals surface area contributed by atoms with Crippen molar-refractivity contribution in [2.24, 2.45) is 0 Å². The Hall–Kier alpha value is -3.37. The number of rotatable bonds is 10. The van der Waals surface area contributed by atoms with Crippen LogP contribution in [0.4, 0.5) is 16.5 Å². The van der Waals surface area contributed by atoms with Crippen LogP contribution in [-0.2, 0) is 15.3 Å². The molecule has 0 atom stereocenters. The lowest BCUT2D eigenvalue weighted by atomic mass is 10.2. The van der Waals surface area contributed by atoms with Gasteiger partial charge in [-0.25, -0.2) is 4.98 Å². The van der Waals surface area contributed by atoms with Crippen LogP contribution >= 0.6 is 23.1 Å². The van der Waals surface area contributed by atoms with Crippen LogP contribution in [0.5, 0.6) is 5.75 Å². The highest BCUT2D eigenvalue weighted by Gasteiger charge is 2.11. The van der Waals surface area contributed by atoms with Crippen molar-refractivity contribution < 1.29 is 19.1 Å². The second kappa shape index (κ2) is 12.2. The molecule has 1 aromatic heterocycles. The largest absolute Gasteiger partial charge is 0.491 e. The number of aromatic nitrogens is 1. The number of hydrogen-bond acceptors (Lipinski definition) is 7. The van der Waals surface area contributed by atoms with Crippen LogP contribution in [0, 0.1) is 0 Å². The lowest BCUT2D eigenvalue weighted by Crippen LogP contribution is -2.14. The van der Waals surface area contributed by atoms with Gasteiger partial charge in [0.15, 0.2) is 5.13 Å². The summed E-state index contributed by atoms with van der Waals surface area (Å²) < 4.78 is 5.59. The predicted octanol–water partition coefficient (Wildman–Crippen LogP) is 5.01. The van der Waals surface area contributed by atoms with Crippen LogP contribution in [0.1, 0.15) is 36.8 Å². The summed E-state index contributed by atoms with van der Waals surface area (Å²) in [7, 11) is 0. The fourth-order valence-corrected chi connectivity index (χ4v) is 4.37. The van der Waals surface area contributed by atoms with E-state index in [0.29, 0.717) is 33.6 Å². The molecule has 3 rings (SSSR count). The third-order valence-electron chi connectivity index (χ3n) is 4.23. The molecule has 0 aliphatic carbocycles. The standard InChI is InChI=1S/C24H26N4O4S2/c1-15(2)32-21-10-4-17(5-11-21)23(31)28-24-27-20(13-34-24)12-33-14-22(30)26-19-8-6-18(7-9-19)25-16(3)29/h4-11,13,15H,12,14H2,1-3H3,(H,25,29)(H,26,30)(H,27,28,31). The van der Waals surface area contributed by atoms with E-state index in [0.717, 1.165) is 5.69 Å². The molecule has 0 spiro atoms. The second-order valence-electron chi connectivity index (χ2n) is 7.59. The maximum atomic E-state index is 12.4. The van der Waals surface area contributed by atoms with Gasteiger partial charge in [0.25, 0.3) is 5.91 Å². The maximum Gasteiger partial charge on any atom is 0.257 e. The minimum atomic E-state index is -0.242. The minimum absolute atomic E-state index is 0.0695. The number of amides is 3. The van der Waals surface area contributed by atoms with Crippen LogP contribution in [0.15, 0.2) is 53.9 Å². The number of nitrogens with zero attached hydrogens (tertiary/aromatic N) is 1. The summed E-state index contributed by atoms with van der Waals surface area (Å²) in [6.45, 7) is 5.33. The van der Waals surface area contributed by atoms with E-state index in [2.05, 4.69) is 20.9 Å². The molecule has 10 heteroatoms. The SMILES string of the molecule is CC(=O)Nc1ccc(NC(=O)CSCc2csc(NC(=O)c3ccc(OC(C)C)cc3)n2)cc1. The van der Waals surface area contributed by atoms with Gasteiger partial charge >= 0.3 is 0 Å². The van der Waals surface area contributed by atoms with Crippen LogP contribution < -0.4 is 20.7 Å². The number of benzene rings is 2. The molecular formula is C24H26N4O4S2. The van der Waals surface area contributed by atoms with E-state index in [-0.39, 0.29) is 29.6 Å². The lowest BCUT2D eigenvalue weighted by Gasteiger charge is -2.09. The van der Waals surface area contributed by atoms with E-state index in [1.807, 2.05) is 19.2 Å². The number of nitrogens with one attached hydrogen (secondary N) is 3. The topological polar surface area (TPSA) is 109 Å². The number of hydrogen-bond donors (Lipinski definition) is 3. The summed E-state index contributed by atoms with van der Waals surface area (Å²) >= 11 is 2.77. The Kier molecular flexibility index (Phi) is 9.06. The lowest BCUT2D eigenvalue weighted by molar-refractivity contribution is -0.114. The average molecular weight is 499 g/mol. The third kappa shape index (κ3) is 8.20. The number of carbonyl (C=O) groups excluding carboxylic acids is 3. The number of thioether (sulfide) groups is 1. The van der Waals surface area contributed by atoms with Gasteiger partial charge in [-0.05, 0) is 62.4 Å². The molecule has 178 valence electrons. The Morgan fingerprint density at radius 1 is 0.971 bits per heavy atom. The van der Waals surface area contributed by atoms with Crippen molar-refractivity contribution in [3.05, 3.63) is 65.2 Å². The van der Waals surface area contributed by atoms with Gasteiger partial charge in [0.05, 0.1) is 17.6 Å². The van der Waals surface area contributed by atoms with Crippen molar-refractivity contribution in [3.8, 4) is 5.75 Å². The first-order valence-electron chi connectivity index (χ1n) is 10.6. The molecule has 2 aromatic carbocycles. The predicted molar refractivity (Wildman–Crippen MR) is 138 cm³/mol. The van der Waals surface area contributed by atoms with Gasteiger partial charge in [-0.15, -0.1) is 23.1 Å². The summed E-state index contributed by atoms with van der Waals surface area (Å²) in [5.41, 5.74) is 2.63. The molecule has 0 radical (unpaired) electrons. The number of ether oxygens (including phenoxy) is 1. The molecule has 0 bridgehead atoms. The normalized spacial score (nSPS) is 10.6. The van der Waals surface area contributed by atoms with Gasteiger partial charge in [0.2, 0.25) is 11.8 Å². The monoisotopic (exact) mass is 498 g/mol. The summed E-state index contributed by atoms with van der Waals surface area (Å²) in [5, 5.41) is 10.7. The van der Waals surface area contributed by atoms with Crippen LogP contribution in [0.25, 0.3) is 0 Å². The Bertz CT molecular complexity index is 1130. The van der Waals surface area contributed by atoms with Crippen molar-refractivity contribution >= 4 is 57.3 Å². The van der Waals surface area contributed by atoms with E-state index < -0.39 is 0 Å². The van der Waals surface area contributed by atoms with Crippen LogP contribution in [-0.4, -0.2) is 34.6 Å². The van der Waals surface area contributed by atoms with Gasteiger partial charge in [-0.2, -0.15) is 0 Å². The van der Waals surface area contributed by atoms with E-state index in [9.17, 15) is 14.4 Å². The van der Waals surface area contributed by atoms with E-state index in [1.54, 1.807) is 48.5 Å². The van der Waals surface area contributed by atoms with Crippen LogP contribution in [0.3, 0.4) is 0 Å². The molecule has 1 heterocycles. The number of anilines is 3. The zero-order valence-corrected chi connectivity index (χ0v) is 20.7. The average Bonchev–Trinajstić information content (AvgIpc) is 3.22. The molecule has 3 amide bonds. The van der Waals surface area contributed by atoms with Crippen molar-refractivity contribution in [1.29, 1.82) is 0 Å². The quantitative estimate of drug-likeness (QED) is 0.362. The van der Waals surface area contributed by atoms with Crippen molar-refractivity contribution in [2.45, 2.75) is 32.6 Å². The Labute approximate surface area is 206 Å². The molecule has 34 heavy (non-hydrogen) atoms. The summed E-state index contributed by atoms with van der Waals surface area (Å²) in [6, 6.07) is 13.9. The third-order valence-corrected chi connectivity index (χ3v) is 6.01. The molecule has 8 nitrogen and oxygen atoms in total. The van der Waals surface area contributed by atoms with E-state index in [4.69, 9.17) is 4.74 Å². The van der Waals surface area contributed by atoms with Crippen molar-refractivity contribution in [3.63, 3.8) is 0 Å². The molecule has 0 fully saturated rings. The molecule has 0 saturated heterocycles. The van der Waals surface area contributed by atoms with E-state index >= 15 is 0 Å². The summed E-state index contributed by atoms with van der Waals surface area (Å²) in [6.07, 6.45) is 0.0695. The Morgan fingerprint density at radius 3 is 2.24 bits per heavy atom. The highest BCUT2D eigenvalue weighted by Crippen LogP contribution is 2.21. The van der Waals surface area contributed by atoms with Crippen LogP contribution in [0.2, 0.25) is 0 Å². The molecule has 0 aliphatic rings. The summed E-state index contributed by atoms with van der Waals surface area (Å²) in [4.78, 5) is 40.1. The highest BCUT2D eigenvalue weighted by atomic mass is 32.2. The molecule has 0 unspecified atom stereocenters. The van der Waals surface area contributed by atoms with Gasteiger partial charge in [0, 0.05) is 35.0 Å². The Balaban J connectivity index is 1.41. The van der Waals surface area contributed by atoms with Gasteiger partial charge in [-0.3, -0.25) is 19.7 Å². The first-order valence-corrected chi connectivity index (χ1v) is 12.6. The number of carbonyl (C=O) groups is 3. The molecule has 3 N–H and O–H groups in total. The molecule has 0 saturated carbocycles. The van der Waals surface area contributed by atoms with Gasteiger partial charge < -0.3 is 15.4 Å². The number of thiazole rings is 1.